The van der Waals surface area contributed by atoms with Crippen molar-refractivity contribution in [2.45, 2.75) is 18.2 Å². The van der Waals surface area contributed by atoms with Crippen LogP contribution in [0.3, 0.4) is 0 Å². The number of rotatable bonds is 6. The zero-order valence-corrected chi connectivity index (χ0v) is 22.9. The number of nitrogens with zero attached hydrogens (tertiary/aromatic N) is 2. The summed E-state index contributed by atoms with van der Waals surface area (Å²) in [7, 11) is -3.91. The summed E-state index contributed by atoms with van der Waals surface area (Å²) in [6.45, 7) is 2.13. The van der Waals surface area contributed by atoms with Gasteiger partial charge in [-0.3, -0.25) is 4.57 Å². The normalized spacial score (nSPS) is 11.1. The number of fused-ring (bicyclic) bond motifs is 1. The van der Waals surface area contributed by atoms with Crippen LogP contribution in [-0.4, -0.2) is 60.1 Å². The van der Waals surface area contributed by atoms with Crippen molar-refractivity contribution in [3.05, 3.63) is 88.2 Å². The van der Waals surface area contributed by atoms with E-state index in [0.717, 1.165) is 27.8 Å². The van der Waals surface area contributed by atoms with E-state index in [-0.39, 0.29) is 41.0 Å². The minimum absolute atomic E-state index is 0. The molecule has 1 heterocycles. The van der Waals surface area contributed by atoms with Gasteiger partial charge in [0.2, 0.25) is 0 Å². The van der Waals surface area contributed by atoms with E-state index in [1.165, 1.54) is 12.1 Å². The second-order valence-electron chi connectivity index (χ2n) is 7.46. The summed E-state index contributed by atoms with van der Waals surface area (Å²) in [6.07, 6.45) is 2.23. The van der Waals surface area contributed by atoms with Gasteiger partial charge in [0.05, 0.1) is 26.0 Å². The number of imidazole rings is 1. The third-order valence-corrected chi connectivity index (χ3v) is 7.13. The first-order chi connectivity index (χ1) is 15.7. The Bertz CT molecular complexity index is 1420. The van der Waals surface area contributed by atoms with Crippen LogP contribution in [-0.2, 0) is 16.4 Å². The summed E-state index contributed by atoms with van der Waals surface area (Å²) < 4.78 is 28.5. The molecule has 3 aromatic carbocycles. The standard InChI is InChI=1S/C23H20Cl2N4O3S.Na/c1-15-2-8-18(9-3-15)33(31,32)28-23(30)26-11-10-16-4-6-17(7-5-16)29-14-27-21-12-19(24)20(25)13-22(21)29;/h2-9,12-14H,10-11H2,1H3,(H2,26,28,30);. The van der Waals surface area contributed by atoms with Crippen molar-refractivity contribution in [2.24, 2.45) is 0 Å². The maximum absolute atomic E-state index is 12.3. The summed E-state index contributed by atoms with van der Waals surface area (Å²) in [5.41, 5.74) is 4.38. The Morgan fingerprint density at radius 1 is 1.00 bits per heavy atom. The number of aromatic nitrogens is 2. The maximum Gasteiger partial charge on any atom is 0.328 e. The molecule has 0 aliphatic heterocycles. The van der Waals surface area contributed by atoms with Crippen molar-refractivity contribution in [2.75, 3.05) is 6.54 Å². The maximum atomic E-state index is 12.3. The van der Waals surface area contributed by atoms with Gasteiger partial charge in [-0.05, 0) is 55.3 Å². The molecule has 11 heteroatoms. The molecule has 7 nitrogen and oxygen atoms in total. The number of aryl methyl sites for hydroxylation is 1. The van der Waals surface area contributed by atoms with Gasteiger partial charge in [0.1, 0.15) is 6.33 Å². The Labute approximate surface area is 229 Å². The van der Waals surface area contributed by atoms with E-state index in [1.807, 2.05) is 40.5 Å². The Hall–Kier alpha value is -2.07. The first-order valence-electron chi connectivity index (χ1n) is 10.0. The second-order valence-corrected chi connectivity index (χ2v) is 9.96. The largest absolute Gasteiger partial charge is 0.337 e. The summed E-state index contributed by atoms with van der Waals surface area (Å²) in [5, 5.41) is 3.48. The van der Waals surface area contributed by atoms with Gasteiger partial charge in [0.25, 0.3) is 10.0 Å². The molecule has 1 aromatic heterocycles. The monoisotopic (exact) mass is 525 g/mol. The van der Waals surface area contributed by atoms with Gasteiger partial charge in [-0.2, -0.15) is 0 Å². The van der Waals surface area contributed by atoms with Crippen molar-refractivity contribution in [3.63, 3.8) is 0 Å². The van der Waals surface area contributed by atoms with Crippen molar-refractivity contribution in [1.82, 2.24) is 19.6 Å². The first kappa shape index (κ1) is 26.5. The molecule has 0 fully saturated rings. The van der Waals surface area contributed by atoms with E-state index in [2.05, 4.69) is 10.3 Å². The summed E-state index contributed by atoms with van der Waals surface area (Å²) in [6, 6.07) is 16.7. The number of carbonyl (C=O) groups excluding carboxylic acids is 1. The van der Waals surface area contributed by atoms with E-state index in [9.17, 15) is 13.2 Å². The fourth-order valence-corrected chi connectivity index (χ4v) is 4.53. The number of amides is 2. The van der Waals surface area contributed by atoms with E-state index in [0.29, 0.717) is 16.5 Å². The molecule has 0 saturated carbocycles. The molecule has 0 atom stereocenters. The summed E-state index contributed by atoms with van der Waals surface area (Å²) in [4.78, 5) is 16.4. The number of halogens is 2. The smallest absolute Gasteiger partial charge is 0.328 e. The topological polar surface area (TPSA) is 93.1 Å². The second kappa shape index (κ2) is 11.1. The van der Waals surface area contributed by atoms with Crippen LogP contribution in [0, 0.1) is 6.92 Å². The third-order valence-electron chi connectivity index (χ3n) is 5.06. The number of hydrogen-bond donors (Lipinski definition) is 2. The van der Waals surface area contributed by atoms with Crippen LogP contribution in [0.1, 0.15) is 11.1 Å². The van der Waals surface area contributed by atoms with Gasteiger partial charge in [-0.25, -0.2) is 22.9 Å². The third kappa shape index (κ3) is 6.13. The van der Waals surface area contributed by atoms with Crippen molar-refractivity contribution in [1.29, 1.82) is 0 Å². The van der Waals surface area contributed by atoms with Gasteiger partial charge < -0.3 is 5.32 Å². The van der Waals surface area contributed by atoms with Crippen LogP contribution in [0.2, 0.25) is 10.0 Å². The number of carbonyl (C=O) groups is 1. The molecule has 0 bridgehead atoms. The van der Waals surface area contributed by atoms with Crippen LogP contribution >= 0.6 is 23.2 Å². The molecule has 4 aromatic rings. The van der Waals surface area contributed by atoms with Crippen molar-refractivity contribution >= 4 is 79.8 Å². The molecule has 1 radical (unpaired) electrons. The molecule has 0 aliphatic rings. The van der Waals surface area contributed by atoms with E-state index < -0.39 is 16.1 Å². The Morgan fingerprint density at radius 2 is 1.65 bits per heavy atom. The van der Waals surface area contributed by atoms with Crippen molar-refractivity contribution in [3.8, 4) is 5.69 Å². The Balaban J connectivity index is 0.00000324. The SMILES string of the molecule is Cc1ccc(S(=O)(=O)NC(=O)NCCc2ccc(-n3cnc4cc(Cl)c(Cl)cc43)cc2)cc1.[Na]. The minimum atomic E-state index is -3.91. The number of urea groups is 1. The van der Waals surface area contributed by atoms with E-state index >= 15 is 0 Å². The van der Waals surface area contributed by atoms with E-state index in [1.54, 1.807) is 30.6 Å². The predicted molar refractivity (Wildman–Crippen MR) is 135 cm³/mol. The molecule has 2 amide bonds. The quantitative estimate of drug-likeness (QED) is 0.362. The zero-order valence-electron chi connectivity index (χ0n) is 18.5. The van der Waals surface area contributed by atoms with Gasteiger partial charge in [0.15, 0.2) is 0 Å². The number of nitrogens with one attached hydrogen (secondary N) is 2. The van der Waals surface area contributed by atoms with Gasteiger partial charge >= 0.3 is 6.03 Å². The van der Waals surface area contributed by atoms with Crippen LogP contribution in [0.25, 0.3) is 16.7 Å². The van der Waals surface area contributed by atoms with Crippen molar-refractivity contribution < 1.29 is 13.2 Å². The fourth-order valence-electron chi connectivity index (χ4n) is 3.29. The van der Waals surface area contributed by atoms with Crippen LogP contribution < -0.4 is 10.0 Å². The fraction of sp³-hybridized carbons (Fsp3) is 0.130. The molecular formula is C23H20Cl2N4NaO3S. The van der Waals surface area contributed by atoms with E-state index in [4.69, 9.17) is 23.2 Å². The van der Waals surface area contributed by atoms with Crippen LogP contribution in [0.5, 0.6) is 0 Å². The molecule has 0 saturated heterocycles. The van der Waals surface area contributed by atoms with Crippen LogP contribution in [0.4, 0.5) is 4.79 Å². The van der Waals surface area contributed by atoms with Gasteiger partial charge in [0, 0.05) is 41.8 Å². The number of sulfonamides is 1. The molecule has 0 aliphatic carbocycles. The minimum Gasteiger partial charge on any atom is -0.337 e. The number of benzene rings is 3. The zero-order chi connectivity index (χ0) is 23.6. The average molecular weight is 526 g/mol. The molecular weight excluding hydrogens is 506 g/mol. The average Bonchev–Trinajstić information content (AvgIpc) is 3.17. The molecule has 2 N–H and O–H groups in total. The van der Waals surface area contributed by atoms with Gasteiger partial charge in [-0.1, -0.05) is 53.0 Å². The number of hydrogen-bond acceptors (Lipinski definition) is 4. The molecule has 34 heavy (non-hydrogen) atoms. The molecule has 0 unspecified atom stereocenters. The Kier molecular flexibility index (Phi) is 8.67. The van der Waals surface area contributed by atoms with Crippen LogP contribution in [0.15, 0.2) is 71.9 Å². The predicted octanol–water partition coefficient (Wildman–Crippen LogP) is 4.49. The molecule has 171 valence electrons. The Morgan fingerprint density at radius 3 is 2.32 bits per heavy atom. The summed E-state index contributed by atoms with van der Waals surface area (Å²) in [5.74, 6) is 0. The summed E-state index contributed by atoms with van der Waals surface area (Å²) >= 11 is 12.2. The first-order valence-corrected chi connectivity index (χ1v) is 12.3. The molecule has 4 rings (SSSR count). The van der Waals surface area contributed by atoms with Gasteiger partial charge in [-0.15, -0.1) is 0 Å². The molecule has 0 spiro atoms.